The Hall–Kier alpha value is -3.93. The maximum atomic E-state index is 13.4. The molecule has 2 amide bonds. The average Bonchev–Trinajstić information content (AvgIpc) is 2.88. The van der Waals surface area contributed by atoms with E-state index in [0.29, 0.717) is 32.6 Å². The number of aromatic nitrogens is 1. The van der Waals surface area contributed by atoms with E-state index in [1.54, 1.807) is 12.3 Å². The molecule has 2 aromatic carbocycles. The maximum absolute atomic E-state index is 13.4. The Morgan fingerprint density at radius 2 is 1.55 bits per heavy atom. The summed E-state index contributed by atoms with van der Waals surface area (Å²) in [4.78, 5) is 34.5. The molecule has 1 N–H and O–H groups in total. The molecule has 1 aromatic heterocycles. The van der Waals surface area contributed by atoms with E-state index in [1.165, 1.54) is 6.08 Å². The first-order chi connectivity index (χ1) is 16.2. The van der Waals surface area contributed by atoms with Crippen LogP contribution in [0.25, 0.3) is 6.08 Å². The van der Waals surface area contributed by atoms with Crippen LogP contribution in [-0.4, -0.2) is 53.9 Å². The standard InChI is InChI=1S/C27H28N4O2/c32-26(15-14-22-9-3-1-4-10-22)29-24(21-23-11-5-2-6-12-23)27(33)31-19-17-30(18-20-31)25-13-7-8-16-28-25/h1-16,24H,17-21H2,(H,29,32)/b15-14+/t24-/m0/s1. The smallest absolute Gasteiger partial charge is 0.245 e. The SMILES string of the molecule is O=C(/C=C/c1ccccc1)N[C@@H](Cc1ccccc1)C(=O)N1CCN(c2ccccn2)CC1. The number of rotatable bonds is 7. The lowest BCUT2D eigenvalue weighted by molar-refractivity contribution is -0.135. The number of pyridine rings is 1. The van der Waals surface area contributed by atoms with Crippen LogP contribution in [0.3, 0.4) is 0 Å². The number of carbonyl (C=O) groups is 2. The van der Waals surface area contributed by atoms with Gasteiger partial charge in [-0.3, -0.25) is 9.59 Å². The molecular formula is C27H28N4O2. The fourth-order valence-electron chi connectivity index (χ4n) is 3.92. The lowest BCUT2D eigenvalue weighted by atomic mass is 10.0. The summed E-state index contributed by atoms with van der Waals surface area (Å²) in [5.41, 5.74) is 1.94. The summed E-state index contributed by atoms with van der Waals surface area (Å²) in [5, 5.41) is 2.93. The Balaban J connectivity index is 1.42. The third-order valence-corrected chi connectivity index (χ3v) is 5.69. The third kappa shape index (κ3) is 6.29. The van der Waals surface area contributed by atoms with Crippen LogP contribution in [0.1, 0.15) is 11.1 Å². The van der Waals surface area contributed by atoms with Gasteiger partial charge >= 0.3 is 0 Å². The highest BCUT2D eigenvalue weighted by atomic mass is 16.2. The van der Waals surface area contributed by atoms with Gasteiger partial charge in [0.15, 0.2) is 0 Å². The second-order valence-corrected chi connectivity index (χ2v) is 8.00. The molecule has 4 rings (SSSR count). The van der Waals surface area contributed by atoms with Crippen molar-refractivity contribution in [3.05, 3.63) is 102 Å². The van der Waals surface area contributed by atoms with Crippen molar-refractivity contribution in [1.29, 1.82) is 0 Å². The Bertz CT molecular complexity index is 1060. The molecule has 1 saturated heterocycles. The quantitative estimate of drug-likeness (QED) is 0.573. The van der Waals surface area contributed by atoms with Crippen LogP contribution in [0.2, 0.25) is 0 Å². The summed E-state index contributed by atoms with van der Waals surface area (Å²) in [6.45, 7) is 2.61. The third-order valence-electron chi connectivity index (χ3n) is 5.69. The van der Waals surface area contributed by atoms with Crippen molar-refractivity contribution >= 4 is 23.7 Å². The lowest BCUT2D eigenvalue weighted by Gasteiger charge is -2.37. The summed E-state index contributed by atoms with van der Waals surface area (Å²) < 4.78 is 0. The number of carbonyl (C=O) groups excluding carboxylic acids is 2. The Labute approximate surface area is 194 Å². The molecule has 6 nitrogen and oxygen atoms in total. The van der Waals surface area contributed by atoms with Crippen LogP contribution in [0.5, 0.6) is 0 Å². The van der Waals surface area contributed by atoms with Gasteiger partial charge in [0.1, 0.15) is 11.9 Å². The van der Waals surface area contributed by atoms with Gasteiger partial charge in [-0.2, -0.15) is 0 Å². The van der Waals surface area contributed by atoms with Crippen molar-refractivity contribution in [3.63, 3.8) is 0 Å². The minimum Gasteiger partial charge on any atom is -0.353 e. The van der Waals surface area contributed by atoms with Gasteiger partial charge in [-0.15, -0.1) is 0 Å². The van der Waals surface area contributed by atoms with Crippen molar-refractivity contribution < 1.29 is 9.59 Å². The zero-order valence-corrected chi connectivity index (χ0v) is 18.5. The van der Waals surface area contributed by atoms with Crippen LogP contribution < -0.4 is 10.2 Å². The first-order valence-electron chi connectivity index (χ1n) is 11.2. The molecule has 3 aromatic rings. The fraction of sp³-hybridized carbons (Fsp3) is 0.222. The lowest BCUT2D eigenvalue weighted by Crippen LogP contribution is -2.55. The normalized spacial score (nSPS) is 14.8. The minimum atomic E-state index is -0.623. The molecule has 0 radical (unpaired) electrons. The predicted molar refractivity (Wildman–Crippen MR) is 131 cm³/mol. The Morgan fingerprint density at radius 3 is 2.21 bits per heavy atom. The van der Waals surface area contributed by atoms with Crippen LogP contribution in [0.15, 0.2) is 91.1 Å². The Kier molecular flexibility index (Phi) is 7.48. The molecule has 1 aliphatic heterocycles. The van der Waals surface area contributed by atoms with E-state index in [0.717, 1.165) is 16.9 Å². The highest BCUT2D eigenvalue weighted by molar-refractivity contribution is 5.95. The number of nitrogens with one attached hydrogen (secondary N) is 1. The molecular weight excluding hydrogens is 412 g/mol. The summed E-state index contributed by atoms with van der Waals surface area (Å²) in [5.74, 6) is 0.589. The Morgan fingerprint density at radius 1 is 0.879 bits per heavy atom. The fourth-order valence-corrected chi connectivity index (χ4v) is 3.92. The van der Waals surface area contributed by atoms with Crippen molar-refractivity contribution in [1.82, 2.24) is 15.2 Å². The molecule has 1 fully saturated rings. The van der Waals surface area contributed by atoms with Crippen LogP contribution in [0, 0.1) is 0 Å². The van der Waals surface area contributed by atoms with E-state index in [1.807, 2.05) is 83.8 Å². The molecule has 6 heteroatoms. The first kappa shape index (κ1) is 22.3. The number of hydrogen-bond donors (Lipinski definition) is 1. The van der Waals surface area contributed by atoms with Crippen molar-refractivity contribution in [2.24, 2.45) is 0 Å². The molecule has 0 unspecified atom stereocenters. The number of amides is 2. The van der Waals surface area contributed by atoms with E-state index in [4.69, 9.17) is 0 Å². The largest absolute Gasteiger partial charge is 0.353 e. The van der Waals surface area contributed by atoms with Gasteiger partial charge in [0.25, 0.3) is 0 Å². The molecule has 0 aliphatic carbocycles. The molecule has 1 aliphatic rings. The van der Waals surface area contributed by atoms with E-state index < -0.39 is 6.04 Å². The second kappa shape index (κ2) is 11.1. The number of piperazine rings is 1. The van der Waals surface area contributed by atoms with Gasteiger partial charge in [0, 0.05) is 44.9 Å². The van der Waals surface area contributed by atoms with E-state index >= 15 is 0 Å². The molecule has 168 valence electrons. The maximum Gasteiger partial charge on any atom is 0.245 e. The van der Waals surface area contributed by atoms with Gasteiger partial charge in [-0.05, 0) is 29.3 Å². The number of hydrogen-bond acceptors (Lipinski definition) is 4. The van der Waals surface area contributed by atoms with Crippen molar-refractivity contribution in [2.45, 2.75) is 12.5 Å². The van der Waals surface area contributed by atoms with Crippen molar-refractivity contribution in [2.75, 3.05) is 31.1 Å². The molecule has 0 spiro atoms. The van der Waals surface area contributed by atoms with Crippen molar-refractivity contribution in [3.8, 4) is 0 Å². The van der Waals surface area contributed by atoms with E-state index in [2.05, 4.69) is 15.2 Å². The molecule has 1 atom stereocenters. The van der Waals surface area contributed by atoms with Gasteiger partial charge in [0.05, 0.1) is 0 Å². The van der Waals surface area contributed by atoms with Gasteiger partial charge in [-0.25, -0.2) is 4.98 Å². The number of nitrogens with zero attached hydrogens (tertiary/aromatic N) is 3. The summed E-state index contributed by atoms with van der Waals surface area (Å²) in [7, 11) is 0. The monoisotopic (exact) mass is 440 g/mol. The minimum absolute atomic E-state index is 0.0546. The predicted octanol–water partition coefficient (Wildman–Crippen LogP) is 3.17. The summed E-state index contributed by atoms with van der Waals surface area (Å²) in [6, 6.07) is 24.6. The van der Waals surface area contributed by atoms with Crippen LogP contribution in [0.4, 0.5) is 5.82 Å². The topological polar surface area (TPSA) is 65.5 Å². The summed E-state index contributed by atoms with van der Waals surface area (Å²) in [6.07, 6.45) is 5.47. The zero-order valence-electron chi connectivity index (χ0n) is 18.5. The first-order valence-corrected chi connectivity index (χ1v) is 11.2. The van der Waals surface area contributed by atoms with E-state index in [9.17, 15) is 9.59 Å². The zero-order chi connectivity index (χ0) is 22.9. The summed E-state index contributed by atoms with van der Waals surface area (Å²) >= 11 is 0. The average molecular weight is 441 g/mol. The van der Waals surface area contributed by atoms with Crippen LogP contribution in [-0.2, 0) is 16.0 Å². The van der Waals surface area contributed by atoms with Crippen LogP contribution >= 0.6 is 0 Å². The van der Waals surface area contributed by atoms with Gasteiger partial charge < -0.3 is 15.1 Å². The van der Waals surface area contributed by atoms with Gasteiger partial charge in [0.2, 0.25) is 11.8 Å². The molecule has 0 saturated carbocycles. The van der Waals surface area contributed by atoms with E-state index in [-0.39, 0.29) is 11.8 Å². The number of anilines is 1. The van der Waals surface area contributed by atoms with Gasteiger partial charge in [-0.1, -0.05) is 66.7 Å². The molecule has 0 bridgehead atoms. The molecule has 2 heterocycles. The second-order valence-electron chi connectivity index (χ2n) is 8.00. The highest BCUT2D eigenvalue weighted by Crippen LogP contribution is 2.14. The molecule has 33 heavy (non-hydrogen) atoms. The number of benzene rings is 2. The highest BCUT2D eigenvalue weighted by Gasteiger charge is 2.28.